The molecule has 3 aromatic carbocycles. The van der Waals surface area contributed by atoms with Crippen molar-refractivity contribution in [2.24, 2.45) is 0 Å². The second kappa shape index (κ2) is 14.1. The van der Waals surface area contributed by atoms with E-state index in [1.165, 1.54) is 30.4 Å². The van der Waals surface area contributed by atoms with E-state index in [4.69, 9.17) is 9.47 Å². The van der Waals surface area contributed by atoms with Crippen molar-refractivity contribution in [2.75, 3.05) is 40.4 Å². The molecule has 46 heavy (non-hydrogen) atoms. The third-order valence-corrected chi connectivity index (χ3v) is 9.62. The molecule has 0 saturated carbocycles. The summed E-state index contributed by atoms with van der Waals surface area (Å²) in [6, 6.07) is 27.5. The van der Waals surface area contributed by atoms with Crippen LogP contribution in [0.2, 0.25) is 0 Å². The molecule has 9 heteroatoms. The van der Waals surface area contributed by atoms with Crippen LogP contribution in [0.1, 0.15) is 55.7 Å². The van der Waals surface area contributed by atoms with Gasteiger partial charge in [0.15, 0.2) is 0 Å². The van der Waals surface area contributed by atoms with Gasteiger partial charge in [0.25, 0.3) is 5.69 Å². The van der Waals surface area contributed by atoms with Gasteiger partial charge < -0.3 is 19.3 Å². The van der Waals surface area contributed by atoms with Crippen molar-refractivity contribution >= 4 is 17.6 Å². The molecule has 9 nitrogen and oxygen atoms in total. The number of benzene rings is 3. The molecule has 240 valence electrons. The highest BCUT2D eigenvalue weighted by atomic mass is 16.6. The smallest absolute Gasteiger partial charge is 0.336 e. The first-order valence-corrected chi connectivity index (χ1v) is 15.7. The number of nitro groups is 1. The summed E-state index contributed by atoms with van der Waals surface area (Å²) in [4.78, 5) is 42.0. The molecule has 2 aliphatic rings. The molecule has 1 fully saturated rings. The number of allylic oxidation sites excluding steroid dienone is 2. The molecule has 2 aliphatic heterocycles. The molecule has 3 aromatic rings. The van der Waals surface area contributed by atoms with Gasteiger partial charge in [-0.3, -0.25) is 10.1 Å². The minimum Gasteiger partial charge on any atom is -0.466 e. The average molecular weight is 624 g/mol. The average Bonchev–Trinajstić information content (AvgIpc) is 3.09. The monoisotopic (exact) mass is 623 g/mol. The molecule has 0 aromatic heterocycles. The maximum Gasteiger partial charge on any atom is 0.336 e. The molecule has 0 bridgehead atoms. The van der Waals surface area contributed by atoms with Gasteiger partial charge in [0, 0.05) is 42.5 Å². The molecule has 0 spiro atoms. The van der Waals surface area contributed by atoms with Crippen molar-refractivity contribution in [3.05, 3.63) is 134 Å². The fraction of sp³-hybridized carbons (Fsp3) is 0.351. The molecule has 1 atom stereocenters. The number of hydrogen-bond donors (Lipinski definition) is 0. The number of non-ortho nitro benzene ring substituents is 1. The number of piperidine rings is 1. The Hall–Kier alpha value is -4.76. The minimum absolute atomic E-state index is 0.0347. The standard InChI is InChI=1S/C37H41N3O6/c1-26-32(35(41)45-4)34(28-13-11-18-31(25-28)40(43)44)33(27(2)38(26)3)36(42)46-24-12-21-39-22-19-37(20-23-39,29-14-7-5-8-15-29)30-16-9-6-10-17-30/h5-11,13-18,25,34H,12,19-24H2,1-4H3/t34-/m1/s1. The lowest BCUT2D eigenvalue weighted by molar-refractivity contribution is -0.384. The maximum atomic E-state index is 13.7. The Bertz CT molecular complexity index is 1600. The van der Waals surface area contributed by atoms with Crippen molar-refractivity contribution < 1.29 is 24.0 Å². The van der Waals surface area contributed by atoms with E-state index >= 15 is 0 Å². The SMILES string of the molecule is COC(=O)C1=C(C)N(C)C(C)=C(C(=O)OCCCN2CCC(c3ccccc3)(c3ccccc3)CC2)[C@@H]1c1cccc([N+](=O)[O-])c1. The summed E-state index contributed by atoms with van der Waals surface area (Å²) >= 11 is 0. The largest absolute Gasteiger partial charge is 0.466 e. The molecule has 5 rings (SSSR count). The number of carbonyl (C=O) groups is 2. The number of nitro benzene ring substituents is 1. The normalized spacial score (nSPS) is 18.3. The lowest BCUT2D eigenvalue weighted by Crippen LogP contribution is -2.43. The highest BCUT2D eigenvalue weighted by Gasteiger charge is 2.40. The van der Waals surface area contributed by atoms with Crippen molar-refractivity contribution in [3.8, 4) is 0 Å². The molecular weight excluding hydrogens is 582 g/mol. The van der Waals surface area contributed by atoms with Crippen LogP contribution in [-0.4, -0.2) is 67.1 Å². The summed E-state index contributed by atoms with van der Waals surface area (Å²) in [5, 5.41) is 11.6. The second-order valence-corrected chi connectivity index (χ2v) is 12.0. The van der Waals surface area contributed by atoms with Gasteiger partial charge in [-0.1, -0.05) is 72.8 Å². The number of rotatable bonds is 10. The highest BCUT2D eigenvalue weighted by molar-refractivity contribution is 5.99. The lowest BCUT2D eigenvalue weighted by Gasteiger charge is -2.43. The molecule has 0 N–H and O–H groups in total. The van der Waals surface area contributed by atoms with E-state index in [0.29, 0.717) is 23.4 Å². The van der Waals surface area contributed by atoms with Gasteiger partial charge in [0.05, 0.1) is 35.7 Å². The van der Waals surface area contributed by atoms with Crippen LogP contribution >= 0.6 is 0 Å². The Balaban J connectivity index is 1.27. The van der Waals surface area contributed by atoms with Crippen LogP contribution in [0.4, 0.5) is 5.69 Å². The van der Waals surface area contributed by atoms with E-state index in [0.717, 1.165) is 32.5 Å². The fourth-order valence-electron chi connectivity index (χ4n) is 6.91. The number of methoxy groups -OCH3 is 1. The fourth-order valence-corrected chi connectivity index (χ4v) is 6.91. The Morgan fingerprint density at radius 2 is 1.43 bits per heavy atom. The minimum atomic E-state index is -0.873. The summed E-state index contributed by atoms with van der Waals surface area (Å²) in [6.07, 6.45) is 2.63. The first kappa shape index (κ1) is 32.6. The Labute approximate surface area is 270 Å². The summed E-state index contributed by atoms with van der Waals surface area (Å²) < 4.78 is 10.9. The summed E-state index contributed by atoms with van der Waals surface area (Å²) in [6.45, 7) is 6.40. The van der Waals surface area contributed by atoms with Gasteiger partial charge in [-0.15, -0.1) is 0 Å². The topological polar surface area (TPSA) is 102 Å². The van der Waals surface area contributed by atoms with Gasteiger partial charge in [-0.25, -0.2) is 9.59 Å². The van der Waals surface area contributed by atoms with Crippen LogP contribution < -0.4 is 0 Å². The molecule has 0 radical (unpaired) electrons. The molecule has 0 amide bonds. The van der Waals surface area contributed by atoms with Gasteiger partial charge >= 0.3 is 11.9 Å². The zero-order valence-corrected chi connectivity index (χ0v) is 26.9. The third kappa shape index (κ3) is 6.46. The van der Waals surface area contributed by atoms with Crippen molar-refractivity contribution in [1.29, 1.82) is 0 Å². The van der Waals surface area contributed by atoms with Crippen molar-refractivity contribution in [3.63, 3.8) is 0 Å². The first-order chi connectivity index (χ1) is 22.2. The zero-order chi connectivity index (χ0) is 32.8. The van der Waals surface area contributed by atoms with Gasteiger partial charge in [0.2, 0.25) is 0 Å². The van der Waals surface area contributed by atoms with Crippen LogP contribution in [0.3, 0.4) is 0 Å². The summed E-state index contributed by atoms with van der Waals surface area (Å²) in [5.41, 5.74) is 4.68. The highest BCUT2D eigenvalue weighted by Crippen LogP contribution is 2.44. The van der Waals surface area contributed by atoms with Gasteiger partial charge in [-0.2, -0.15) is 0 Å². The number of ether oxygens (including phenoxy) is 2. The van der Waals surface area contributed by atoms with Crippen molar-refractivity contribution in [2.45, 2.75) is 44.4 Å². The van der Waals surface area contributed by atoms with Crippen LogP contribution in [-0.2, 0) is 24.5 Å². The van der Waals surface area contributed by atoms with Crippen LogP contribution in [0, 0.1) is 10.1 Å². The molecule has 0 unspecified atom stereocenters. The number of nitrogens with zero attached hydrogens (tertiary/aromatic N) is 3. The summed E-state index contributed by atoms with van der Waals surface area (Å²) in [5.74, 6) is -2.03. The quantitative estimate of drug-likeness (QED) is 0.111. The Morgan fingerprint density at radius 1 is 0.870 bits per heavy atom. The van der Waals surface area contributed by atoms with E-state index in [2.05, 4.69) is 65.6 Å². The Morgan fingerprint density at radius 3 is 1.98 bits per heavy atom. The molecule has 1 saturated heterocycles. The van der Waals surface area contributed by atoms with E-state index < -0.39 is 22.8 Å². The number of esters is 2. The first-order valence-electron chi connectivity index (χ1n) is 15.7. The molecule has 0 aliphatic carbocycles. The van der Waals surface area contributed by atoms with Crippen LogP contribution in [0.25, 0.3) is 0 Å². The van der Waals surface area contributed by atoms with E-state index in [1.54, 1.807) is 37.9 Å². The predicted octanol–water partition coefficient (Wildman–Crippen LogP) is 6.36. The Kier molecular flexibility index (Phi) is 10.0. The van der Waals surface area contributed by atoms with E-state index in [9.17, 15) is 19.7 Å². The predicted molar refractivity (Wildman–Crippen MR) is 176 cm³/mol. The number of likely N-dealkylation sites (tertiary alicyclic amines) is 1. The zero-order valence-electron chi connectivity index (χ0n) is 26.9. The van der Waals surface area contributed by atoms with E-state index in [1.807, 2.05) is 0 Å². The van der Waals surface area contributed by atoms with Crippen LogP contribution in [0.15, 0.2) is 107 Å². The number of carbonyl (C=O) groups excluding carboxylic acids is 2. The molecule has 2 heterocycles. The van der Waals surface area contributed by atoms with Crippen LogP contribution in [0.5, 0.6) is 0 Å². The van der Waals surface area contributed by atoms with Gasteiger partial charge in [-0.05, 0) is 62.9 Å². The van der Waals surface area contributed by atoms with Gasteiger partial charge in [0.1, 0.15) is 0 Å². The lowest BCUT2D eigenvalue weighted by atomic mass is 9.68. The second-order valence-electron chi connectivity index (χ2n) is 12.0. The number of hydrogen-bond acceptors (Lipinski definition) is 8. The molecular formula is C37H41N3O6. The summed E-state index contributed by atoms with van der Waals surface area (Å²) in [7, 11) is 3.05. The van der Waals surface area contributed by atoms with Crippen molar-refractivity contribution in [1.82, 2.24) is 9.80 Å². The third-order valence-electron chi connectivity index (χ3n) is 9.62. The maximum absolute atomic E-state index is 13.7. The van der Waals surface area contributed by atoms with E-state index in [-0.39, 0.29) is 28.9 Å².